The molecule has 0 spiro atoms. The van der Waals surface area contributed by atoms with Crippen LogP contribution < -0.4 is 15.4 Å². The zero-order valence-corrected chi connectivity index (χ0v) is 14.7. The number of nitrogens with zero attached hydrogens (tertiary/aromatic N) is 1. The van der Waals surface area contributed by atoms with Crippen LogP contribution in [0.4, 0.5) is 5.69 Å². The number of unbranched alkanes of at least 4 members (excludes halogenated alkanes) is 1. The van der Waals surface area contributed by atoms with Gasteiger partial charge in [-0.25, -0.2) is 0 Å². The SMILES string of the molecule is CCCCOc1ccccc1C(=O)NC(=S)Nc1ccc(C#N)cc1. The van der Waals surface area contributed by atoms with Gasteiger partial charge < -0.3 is 10.1 Å². The second kappa shape index (κ2) is 9.40. The van der Waals surface area contributed by atoms with Crippen LogP contribution >= 0.6 is 12.2 Å². The van der Waals surface area contributed by atoms with Crippen molar-refractivity contribution in [2.45, 2.75) is 19.8 Å². The molecule has 6 heteroatoms. The van der Waals surface area contributed by atoms with E-state index in [2.05, 4.69) is 17.6 Å². The number of nitrogens with one attached hydrogen (secondary N) is 2. The van der Waals surface area contributed by atoms with Gasteiger partial charge in [0.2, 0.25) is 0 Å². The summed E-state index contributed by atoms with van der Waals surface area (Å²) in [5, 5.41) is 14.5. The third-order valence-electron chi connectivity index (χ3n) is 3.39. The van der Waals surface area contributed by atoms with Crippen molar-refractivity contribution in [3.05, 3.63) is 59.7 Å². The molecule has 0 fully saturated rings. The van der Waals surface area contributed by atoms with Crippen LogP contribution in [0.15, 0.2) is 48.5 Å². The number of benzene rings is 2. The van der Waals surface area contributed by atoms with Crippen LogP contribution in [0.25, 0.3) is 0 Å². The Morgan fingerprint density at radius 1 is 1.20 bits per heavy atom. The Morgan fingerprint density at radius 2 is 1.92 bits per heavy atom. The number of carbonyl (C=O) groups is 1. The second-order valence-corrected chi connectivity index (χ2v) is 5.70. The Balaban J connectivity index is 1.98. The lowest BCUT2D eigenvalue weighted by molar-refractivity contribution is 0.0973. The van der Waals surface area contributed by atoms with Gasteiger partial charge in [-0.1, -0.05) is 25.5 Å². The molecule has 0 aliphatic carbocycles. The summed E-state index contributed by atoms with van der Waals surface area (Å²) in [6.45, 7) is 2.64. The maximum Gasteiger partial charge on any atom is 0.261 e. The average Bonchev–Trinajstić information content (AvgIpc) is 2.63. The van der Waals surface area contributed by atoms with Crippen molar-refractivity contribution in [3.63, 3.8) is 0 Å². The summed E-state index contributed by atoms with van der Waals surface area (Å²) in [5.74, 6) is 0.202. The van der Waals surface area contributed by atoms with E-state index in [0.29, 0.717) is 29.2 Å². The number of nitriles is 1. The molecule has 2 aromatic rings. The van der Waals surface area contributed by atoms with Gasteiger partial charge in [-0.05, 0) is 55.0 Å². The summed E-state index contributed by atoms with van der Waals surface area (Å²) in [6.07, 6.45) is 1.95. The van der Waals surface area contributed by atoms with Crippen LogP contribution in [0.2, 0.25) is 0 Å². The number of thiocarbonyl (C=S) groups is 1. The van der Waals surface area contributed by atoms with E-state index in [9.17, 15) is 4.79 Å². The first-order chi connectivity index (χ1) is 12.1. The molecule has 1 amide bonds. The summed E-state index contributed by atoms with van der Waals surface area (Å²) in [6, 6.07) is 15.9. The Kier molecular flexibility index (Phi) is 6.93. The normalized spacial score (nSPS) is 9.76. The van der Waals surface area contributed by atoms with E-state index < -0.39 is 0 Å². The topological polar surface area (TPSA) is 74.2 Å². The lowest BCUT2D eigenvalue weighted by Gasteiger charge is -2.13. The number of hydrogen-bond acceptors (Lipinski definition) is 4. The molecule has 0 aliphatic heterocycles. The van der Waals surface area contributed by atoms with E-state index in [0.717, 1.165) is 12.8 Å². The van der Waals surface area contributed by atoms with Crippen molar-refractivity contribution in [2.75, 3.05) is 11.9 Å². The molecule has 0 heterocycles. The van der Waals surface area contributed by atoms with E-state index in [1.807, 2.05) is 12.1 Å². The van der Waals surface area contributed by atoms with Crippen LogP contribution in [0.1, 0.15) is 35.7 Å². The predicted molar refractivity (Wildman–Crippen MR) is 102 cm³/mol. The lowest BCUT2D eigenvalue weighted by Crippen LogP contribution is -2.34. The molecule has 0 saturated heterocycles. The van der Waals surface area contributed by atoms with Crippen LogP contribution in [0.5, 0.6) is 5.75 Å². The quantitative estimate of drug-likeness (QED) is 0.609. The summed E-state index contributed by atoms with van der Waals surface area (Å²) in [7, 11) is 0. The largest absolute Gasteiger partial charge is 0.493 e. The van der Waals surface area contributed by atoms with Crippen molar-refractivity contribution < 1.29 is 9.53 Å². The fourth-order valence-electron chi connectivity index (χ4n) is 2.07. The fraction of sp³-hybridized carbons (Fsp3) is 0.211. The van der Waals surface area contributed by atoms with Crippen LogP contribution in [-0.2, 0) is 0 Å². The minimum atomic E-state index is -0.335. The number of ether oxygens (including phenoxy) is 1. The molecule has 2 N–H and O–H groups in total. The molecule has 2 rings (SSSR count). The molecule has 0 aromatic heterocycles. The maximum absolute atomic E-state index is 12.4. The minimum Gasteiger partial charge on any atom is -0.493 e. The second-order valence-electron chi connectivity index (χ2n) is 5.30. The molecular weight excluding hydrogens is 334 g/mol. The number of amides is 1. The molecule has 0 radical (unpaired) electrons. The van der Waals surface area contributed by atoms with Crippen LogP contribution in [0, 0.1) is 11.3 Å². The van der Waals surface area contributed by atoms with E-state index in [-0.39, 0.29) is 11.0 Å². The summed E-state index contributed by atoms with van der Waals surface area (Å²) in [5.41, 5.74) is 1.68. The molecule has 2 aromatic carbocycles. The third-order valence-corrected chi connectivity index (χ3v) is 3.59. The Bertz CT molecular complexity index is 782. The number of carbonyl (C=O) groups excluding carboxylic acids is 1. The van der Waals surface area contributed by atoms with Gasteiger partial charge in [-0.3, -0.25) is 10.1 Å². The highest BCUT2D eigenvalue weighted by Gasteiger charge is 2.13. The highest BCUT2D eigenvalue weighted by molar-refractivity contribution is 7.80. The molecule has 0 atom stereocenters. The molecule has 128 valence electrons. The van der Waals surface area contributed by atoms with Gasteiger partial charge in [0, 0.05) is 5.69 Å². The van der Waals surface area contributed by atoms with Gasteiger partial charge in [-0.2, -0.15) is 5.26 Å². The summed E-state index contributed by atoms with van der Waals surface area (Å²) >= 11 is 5.17. The molecular formula is C19H19N3O2S. The first kappa shape index (κ1) is 18.4. The minimum absolute atomic E-state index is 0.179. The first-order valence-corrected chi connectivity index (χ1v) is 8.39. The molecule has 25 heavy (non-hydrogen) atoms. The predicted octanol–water partition coefficient (Wildman–Crippen LogP) is 3.86. The Hall–Kier alpha value is -2.91. The lowest BCUT2D eigenvalue weighted by atomic mass is 10.2. The fourth-order valence-corrected chi connectivity index (χ4v) is 2.28. The number of hydrogen-bond donors (Lipinski definition) is 2. The van der Waals surface area contributed by atoms with Crippen LogP contribution in [0.3, 0.4) is 0 Å². The molecule has 0 aliphatic rings. The number of anilines is 1. The van der Waals surface area contributed by atoms with Gasteiger partial charge in [0.25, 0.3) is 5.91 Å². The molecule has 5 nitrogen and oxygen atoms in total. The smallest absolute Gasteiger partial charge is 0.261 e. The Morgan fingerprint density at radius 3 is 2.60 bits per heavy atom. The monoisotopic (exact) mass is 353 g/mol. The van der Waals surface area contributed by atoms with Gasteiger partial charge >= 0.3 is 0 Å². The highest BCUT2D eigenvalue weighted by Crippen LogP contribution is 2.18. The molecule has 0 unspecified atom stereocenters. The third kappa shape index (κ3) is 5.59. The van der Waals surface area contributed by atoms with Gasteiger partial charge in [0.1, 0.15) is 5.75 Å². The zero-order chi connectivity index (χ0) is 18.1. The van der Waals surface area contributed by atoms with E-state index >= 15 is 0 Å². The summed E-state index contributed by atoms with van der Waals surface area (Å²) < 4.78 is 5.67. The maximum atomic E-state index is 12.4. The highest BCUT2D eigenvalue weighted by atomic mass is 32.1. The Labute approximate surface area is 152 Å². The first-order valence-electron chi connectivity index (χ1n) is 7.98. The standard InChI is InChI=1S/C19H19N3O2S/c1-2-3-12-24-17-7-5-4-6-16(17)18(23)22-19(25)21-15-10-8-14(13-20)9-11-15/h4-11H,2-3,12H2,1H3,(H2,21,22,23,25). The van der Waals surface area contributed by atoms with Crippen molar-refractivity contribution in [2.24, 2.45) is 0 Å². The van der Waals surface area contributed by atoms with Gasteiger partial charge in [0.15, 0.2) is 5.11 Å². The van der Waals surface area contributed by atoms with Crippen molar-refractivity contribution in [1.29, 1.82) is 5.26 Å². The number of rotatable bonds is 6. The molecule has 0 saturated carbocycles. The van der Waals surface area contributed by atoms with E-state index in [1.165, 1.54) is 0 Å². The zero-order valence-electron chi connectivity index (χ0n) is 13.9. The van der Waals surface area contributed by atoms with Crippen molar-refractivity contribution >= 4 is 28.9 Å². The van der Waals surface area contributed by atoms with E-state index in [4.69, 9.17) is 22.2 Å². The van der Waals surface area contributed by atoms with Crippen LogP contribution in [-0.4, -0.2) is 17.6 Å². The summed E-state index contributed by atoms with van der Waals surface area (Å²) in [4.78, 5) is 12.4. The van der Waals surface area contributed by atoms with Gasteiger partial charge in [0.05, 0.1) is 23.8 Å². The molecule has 0 bridgehead atoms. The number of para-hydroxylation sites is 1. The van der Waals surface area contributed by atoms with Crippen molar-refractivity contribution in [1.82, 2.24) is 5.32 Å². The van der Waals surface area contributed by atoms with E-state index in [1.54, 1.807) is 42.5 Å². The average molecular weight is 353 g/mol. The van der Waals surface area contributed by atoms with Crippen molar-refractivity contribution in [3.8, 4) is 11.8 Å². The van der Waals surface area contributed by atoms with Gasteiger partial charge in [-0.15, -0.1) is 0 Å².